The Morgan fingerprint density at radius 1 is 1.00 bits per heavy atom. The number of anilines is 1. The Morgan fingerprint density at radius 3 is 2.46 bits per heavy atom. The van der Waals surface area contributed by atoms with Crippen LogP contribution in [0.15, 0.2) is 48.5 Å². The molecule has 3 rings (SSSR count). The predicted molar refractivity (Wildman–Crippen MR) is 115 cm³/mol. The van der Waals surface area contributed by atoms with E-state index < -0.39 is 0 Å². The van der Waals surface area contributed by atoms with E-state index in [1.807, 2.05) is 42.5 Å². The van der Waals surface area contributed by atoms with Crippen LogP contribution in [-0.4, -0.2) is 62.6 Å². The fraction of sp³-hybridized carbons (Fsp3) is 0.435. The number of likely N-dealkylation sites (N-methyl/N-ethyl adjacent to an activating group) is 1. The van der Waals surface area contributed by atoms with Gasteiger partial charge in [0.05, 0.1) is 7.11 Å². The minimum atomic E-state index is 0.0903. The summed E-state index contributed by atoms with van der Waals surface area (Å²) in [6, 6.07) is 15.9. The van der Waals surface area contributed by atoms with Crippen LogP contribution in [0.25, 0.3) is 11.1 Å². The number of ether oxygens (including phenoxy) is 1. The summed E-state index contributed by atoms with van der Waals surface area (Å²) in [5.74, 6) is 0.930. The minimum absolute atomic E-state index is 0.0903. The highest BCUT2D eigenvalue weighted by atomic mass is 16.5. The van der Waals surface area contributed by atoms with Gasteiger partial charge in [0.1, 0.15) is 5.75 Å². The number of rotatable bonds is 8. The highest BCUT2D eigenvalue weighted by Crippen LogP contribution is 2.25. The molecule has 1 saturated heterocycles. The van der Waals surface area contributed by atoms with E-state index in [1.165, 1.54) is 0 Å². The summed E-state index contributed by atoms with van der Waals surface area (Å²) in [6.07, 6.45) is 2.58. The van der Waals surface area contributed by atoms with Crippen LogP contribution in [0.1, 0.15) is 19.3 Å². The van der Waals surface area contributed by atoms with Gasteiger partial charge >= 0.3 is 0 Å². The van der Waals surface area contributed by atoms with Crippen molar-refractivity contribution in [3.05, 3.63) is 48.5 Å². The molecule has 0 aliphatic carbocycles. The Kier molecular flexibility index (Phi) is 7.46. The molecule has 1 fully saturated rings. The van der Waals surface area contributed by atoms with Gasteiger partial charge in [0.15, 0.2) is 0 Å². The van der Waals surface area contributed by atoms with E-state index in [2.05, 4.69) is 28.2 Å². The summed E-state index contributed by atoms with van der Waals surface area (Å²) in [5.41, 5.74) is 3.04. The van der Waals surface area contributed by atoms with E-state index in [0.29, 0.717) is 6.42 Å². The maximum Gasteiger partial charge on any atom is 0.224 e. The van der Waals surface area contributed by atoms with Crippen molar-refractivity contribution in [3.8, 4) is 16.9 Å². The first-order valence-corrected chi connectivity index (χ1v) is 10.1. The number of carbonyl (C=O) groups excluding carboxylic acids is 1. The third-order valence-electron chi connectivity index (χ3n) is 5.30. The first-order valence-electron chi connectivity index (χ1n) is 10.1. The molecule has 0 bridgehead atoms. The molecule has 150 valence electrons. The Bertz CT molecular complexity index is 753. The van der Waals surface area contributed by atoms with E-state index in [1.54, 1.807) is 7.11 Å². The highest BCUT2D eigenvalue weighted by molar-refractivity contribution is 5.91. The molecule has 2 aromatic carbocycles. The number of benzene rings is 2. The van der Waals surface area contributed by atoms with Crippen molar-refractivity contribution >= 4 is 11.6 Å². The average molecular weight is 382 g/mol. The molecule has 0 spiro atoms. The number of nitrogens with one attached hydrogen (secondary N) is 1. The molecular weight excluding hydrogens is 350 g/mol. The topological polar surface area (TPSA) is 44.8 Å². The van der Waals surface area contributed by atoms with E-state index in [-0.39, 0.29) is 5.91 Å². The van der Waals surface area contributed by atoms with Crippen LogP contribution < -0.4 is 10.1 Å². The van der Waals surface area contributed by atoms with Gasteiger partial charge in [-0.3, -0.25) is 4.79 Å². The molecule has 0 unspecified atom stereocenters. The molecule has 1 amide bonds. The lowest BCUT2D eigenvalue weighted by Gasteiger charge is -2.32. The lowest BCUT2D eigenvalue weighted by atomic mass is 10.1. The van der Waals surface area contributed by atoms with Gasteiger partial charge in [0.25, 0.3) is 0 Å². The molecule has 0 atom stereocenters. The first kappa shape index (κ1) is 20.4. The third kappa shape index (κ3) is 6.08. The smallest absolute Gasteiger partial charge is 0.224 e. The summed E-state index contributed by atoms with van der Waals surface area (Å²) in [5, 5.41) is 3.00. The SMILES string of the molecule is COc1cccc(-c2ccc(NC(=O)CCCCN3CCN(C)CC3)cc2)c1. The number of amides is 1. The van der Waals surface area contributed by atoms with Crippen molar-refractivity contribution in [2.45, 2.75) is 19.3 Å². The van der Waals surface area contributed by atoms with E-state index in [4.69, 9.17) is 4.74 Å². The van der Waals surface area contributed by atoms with Crippen molar-refractivity contribution in [1.29, 1.82) is 0 Å². The van der Waals surface area contributed by atoms with Crippen LogP contribution in [-0.2, 0) is 4.79 Å². The van der Waals surface area contributed by atoms with Gasteiger partial charge in [-0.1, -0.05) is 24.3 Å². The molecule has 0 saturated carbocycles. The number of carbonyl (C=O) groups is 1. The van der Waals surface area contributed by atoms with Gasteiger partial charge in [-0.25, -0.2) is 0 Å². The van der Waals surface area contributed by atoms with E-state index >= 15 is 0 Å². The van der Waals surface area contributed by atoms with Gasteiger partial charge in [0.2, 0.25) is 5.91 Å². The Labute approximate surface area is 168 Å². The van der Waals surface area contributed by atoms with Crippen LogP contribution in [0.4, 0.5) is 5.69 Å². The number of piperazine rings is 1. The molecule has 1 heterocycles. The molecule has 1 aliphatic heterocycles. The van der Waals surface area contributed by atoms with Crippen molar-refractivity contribution in [1.82, 2.24) is 9.80 Å². The molecule has 0 radical (unpaired) electrons. The predicted octanol–water partition coefficient (Wildman–Crippen LogP) is 3.72. The quantitative estimate of drug-likeness (QED) is 0.708. The van der Waals surface area contributed by atoms with Crippen LogP contribution >= 0.6 is 0 Å². The van der Waals surface area contributed by atoms with Gasteiger partial charge in [0, 0.05) is 38.3 Å². The van der Waals surface area contributed by atoms with Gasteiger partial charge in [-0.2, -0.15) is 0 Å². The fourth-order valence-electron chi connectivity index (χ4n) is 3.46. The lowest BCUT2D eigenvalue weighted by molar-refractivity contribution is -0.116. The van der Waals surface area contributed by atoms with Crippen LogP contribution in [0.2, 0.25) is 0 Å². The van der Waals surface area contributed by atoms with Gasteiger partial charge in [-0.05, 0) is 61.8 Å². The van der Waals surface area contributed by atoms with Crippen LogP contribution in [0.3, 0.4) is 0 Å². The van der Waals surface area contributed by atoms with Gasteiger partial charge in [-0.15, -0.1) is 0 Å². The number of hydrogen-bond acceptors (Lipinski definition) is 4. The molecule has 0 aromatic heterocycles. The average Bonchev–Trinajstić information content (AvgIpc) is 2.73. The minimum Gasteiger partial charge on any atom is -0.497 e. The maximum absolute atomic E-state index is 12.2. The normalized spacial score (nSPS) is 15.4. The third-order valence-corrected chi connectivity index (χ3v) is 5.30. The standard InChI is InChI=1S/C23H31N3O2/c1-25-14-16-26(17-15-25)13-4-3-8-23(27)24-21-11-9-19(10-12-21)20-6-5-7-22(18-20)28-2/h5-7,9-12,18H,3-4,8,13-17H2,1-2H3,(H,24,27). The monoisotopic (exact) mass is 381 g/mol. The maximum atomic E-state index is 12.2. The molecule has 1 N–H and O–H groups in total. The Balaban J connectivity index is 1.40. The van der Waals surface area contributed by atoms with Crippen molar-refractivity contribution < 1.29 is 9.53 Å². The zero-order chi connectivity index (χ0) is 19.8. The van der Waals surface area contributed by atoms with Crippen molar-refractivity contribution in [2.75, 3.05) is 52.2 Å². The largest absolute Gasteiger partial charge is 0.497 e. The second-order valence-electron chi connectivity index (χ2n) is 7.46. The molecule has 28 heavy (non-hydrogen) atoms. The van der Waals surface area contributed by atoms with Crippen LogP contribution in [0.5, 0.6) is 5.75 Å². The lowest BCUT2D eigenvalue weighted by Crippen LogP contribution is -2.44. The summed E-state index contributed by atoms with van der Waals surface area (Å²) < 4.78 is 5.28. The first-order chi connectivity index (χ1) is 13.6. The Hall–Kier alpha value is -2.37. The van der Waals surface area contributed by atoms with Crippen molar-refractivity contribution in [3.63, 3.8) is 0 Å². The molecule has 1 aliphatic rings. The second-order valence-corrected chi connectivity index (χ2v) is 7.46. The Morgan fingerprint density at radius 2 is 1.75 bits per heavy atom. The number of hydrogen-bond donors (Lipinski definition) is 1. The number of methoxy groups -OCH3 is 1. The fourth-order valence-corrected chi connectivity index (χ4v) is 3.46. The van der Waals surface area contributed by atoms with E-state index in [0.717, 1.165) is 68.1 Å². The molecule has 5 nitrogen and oxygen atoms in total. The van der Waals surface area contributed by atoms with Crippen LogP contribution in [0, 0.1) is 0 Å². The number of nitrogens with zero attached hydrogens (tertiary/aromatic N) is 2. The summed E-state index contributed by atoms with van der Waals surface area (Å²) in [4.78, 5) is 17.1. The highest BCUT2D eigenvalue weighted by Gasteiger charge is 2.13. The molecule has 2 aromatic rings. The summed E-state index contributed by atoms with van der Waals surface area (Å²) in [7, 11) is 3.84. The zero-order valence-corrected chi connectivity index (χ0v) is 17.0. The van der Waals surface area contributed by atoms with Gasteiger partial charge < -0.3 is 19.9 Å². The summed E-state index contributed by atoms with van der Waals surface area (Å²) >= 11 is 0. The van der Waals surface area contributed by atoms with E-state index in [9.17, 15) is 4.79 Å². The second kappa shape index (κ2) is 10.2. The number of unbranched alkanes of at least 4 members (excludes halogenated alkanes) is 1. The molecular formula is C23H31N3O2. The van der Waals surface area contributed by atoms with Crippen molar-refractivity contribution in [2.24, 2.45) is 0 Å². The summed E-state index contributed by atoms with van der Waals surface area (Å²) in [6.45, 7) is 5.67. The molecule has 5 heteroatoms. The zero-order valence-electron chi connectivity index (χ0n) is 17.0.